The minimum Gasteiger partial charge on any atom is -0.349 e. The summed E-state index contributed by atoms with van der Waals surface area (Å²) < 4.78 is 28.7. The lowest BCUT2D eigenvalue weighted by Gasteiger charge is -2.29. The van der Waals surface area contributed by atoms with Crippen molar-refractivity contribution < 1.29 is 8.42 Å². The van der Waals surface area contributed by atoms with Crippen molar-refractivity contribution >= 4 is 10.0 Å². The van der Waals surface area contributed by atoms with E-state index in [-0.39, 0.29) is 0 Å². The smallest absolute Gasteiger partial charge is 0.244 e. The average Bonchev–Trinajstić information content (AvgIpc) is 2.82. The predicted octanol–water partition coefficient (Wildman–Crippen LogP) is 1.39. The lowest BCUT2D eigenvalue weighted by Crippen LogP contribution is -2.38. The Kier molecular flexibility index (Phi) is 4.32. The molecule has 1 aromatic rings. The summed E-state index contributed by atoms with van der Waals surface area (Å²) in [5, 5.41) is 0. The SMILES string of the molecule is CCn1cc(S(=O)(=O)N2CCCC(C)C2)cc1CN. The summed E-state index contributed by atoms with van der Waals surface area (Å²) in [6, 6.07) is 1.71. The topological polar surface area (TPSA) is 68.3 Å². The van der Waals surface area contributed by atoms with Crippen molar-refractivity contribution in [3.63, 3.8) is 0 Å². The fourth-order valence-electron chi connectivity index (χ4n) is 2.65. The third-order valence-electron chi connectivity index (χ3n) is 3.77. The Bertz CT molecular complexity index is 515. The van der Waals surface area contributed by atoms with E-state index in [1.165, 1.54) is 0 Å². The molecule has 0 aromatic carbocycles. The van der Waals surface area contributed by atoms with Gasteiger partial charge >= 0.3 is 0 Å². The van der Waals surface area contributed by atoms with Gasteiger partial charge in [0.05, 0.1) is 0 Å². The van der Waals surface area contributed by atoms with Crippen LogP contribution in [0.4, 0.5) is 0 Å². The molecule has 6 heteroatoms. The molecule has 1 aromatic heterocycles. The number of aromatic nitrogens is 1. The van der Waals surface area contributed by atoms with Crippen LogP contribution >= 0.6 is 0 Å². The van der Waals surface area contributed by atoms with Crippen LogP contribution in [0.5, 0.6) is 0 Å². The lowest BCUT2D eigenvalue weighted by atomic mass is 10.0. The molecule has 5 nitrogen and oxygen atoms in total. The molecule has 0 amide bonds. The summed E-state index contributed by atoms with van der Waals surface area (Å²) in [5.41, 5.74) is 6.52. The number of hydrogen-bond donors (Lipinski definition) is 1. The van der Waals surface area contributed by atoms with Crippen LogP contribution in [0.3, 0.4) is 0 Å². The monoisotopic (exact) mass is 285 g/mol. The summed E-state index contributed by atoms with van der Waals surface area (Å²) in [6.45, 7) is 6.43. The molecule has 0 aliphatic carbocycles. The second-order valence-corrected chi connectivity index (χ2v) is 7.21. The van der Waals surface area contributed by atoms with Gasteiger partial charge in [-0.25, -0.2) is 8.42 Å². The van der Waals surface area contributed by atoms with Gasteiger partial charge in [0.1, 0.15) is 4.90 Å². The van der Waals surface area contributed by atoms with Gasteiger partial charge in [0.15, 0.2) is 0 Å². The molecule has 1 unspecified atom stereocenters. The highest BCUT2D eigenvalue weighted by molar-refractivity contribution is 7.89. The van der Waals surface area contributed by atoms with Crippen LogP contribution in [0, 0.1) is 5.92 Å². The lowest BCUT2D eigenvalue weighted by molar-refractivity contribution is 0.281. The number of piperidine rings is 1. The van der Waals surface area contributed by atoms with Crippen LogP contribution in [-0.2, 0) is 23.1 Å². The van der Waals surface area contributed by atoms with E-state index in [9.17, 15) is 8.42 Å². The van der Waals surface area contributed by atoms with Gasteiger partial charge in [-0.2, -0.15) is 4.31 Å². The number of rotatable bonds is 4. The van der Waals surface area contributed by atoms with Gasteiger partial charge in [-0.1, -0.05) is 6.92 Å². The van der Waals surface area contributed by atoms with Crippen LogP contribution in [-0.4, -0.2) is 30.4 Å². The molecule has 108 valence electrons. The number of nitrogens with two attached hydrogens (primary N) is 1. The molecule has 0 spiro atoms. The molecule has 1 fully saturated rings. The molecular weight excluding hydrogens is 262 g/mol. The van der Waals surface area contributed by atoms with Crippen LogP contribution in [0.1, 0.15) is 32.4 Å². The largest absolute Gasteiger partial charge is 0.349 e. The molecule has 2 rings (SSSR count). The molecule has 19 heavy (non-hydrogen) atoms. The molecule has 0 bridgehead atoms. The van der Waals surface area contributed by atoms with Crippen molar-refractivity contribution in [1.82, 2.24) is 8.87 Å². The fraction of sp³-hybridized carbons (Fsp3) is 0.692. The standard InChI is InChI=1S/C13H23N3O2S/c1-3-15-10-13(7-12(15)8-14)19(17,18)16-6-4-5-11(2)9-16/h7,10-11H,3-6,8-9,14H2,1-2H3. The van der Waals surface area contributed by atoms with Gasteiger partial charge in [0.25, 0.3) is 0 Å². The molecule has 2 heterocycles. The summed E-state index contributed by atoms with van der Waals surface area (Å²) in [5.74, 6) is 0.436. The van der Waals surface area contributed by atoms with Crippen molar-refractivity contribution in [2.75, 3.05) is 13.1 Å². The Morgan fingerprint density at radius 1 is 1.47 bits per heavy atom. The summed E-state index contributed by atoms with van der Waals surface area (Å²) in [7, 11) is -3.36. The van der Waals surface area contributed by atoms with Crippen LogP contribution < -0.4 is 5.73 Å². The third-order valence-corrected chi connectivity index (χ3v) is 5.60. The Morgan fingerprint density at radius 3 is 2.74 bits per heavy atom. The van der Waals surface area contributed by atoms with Gasteiger partial charge in [-0.3, -0.25) is 0 Å². The third kappa shape index (κ3) is 2.85. The van der Waals surface area contributed by atoms with E-state index in [0.717, 1.165) is 25.1 Å². The maximum atomic E-state index is 12.6. The Morgan fingerprint density at radius 2 is 2.21 bits per heavy atom. The first kappa shape index (κ1) is 14.6. The van der Waals surface area contributed by atoms with E-state index in [4.69, 9.17) is 5.73 Å². The highest BCUT2D eigenvalue weighted by Crippen LogP contribution is 2.24. The van der Waals surface area contributed by atoms with E-state index < -0.39 is 10.0 Å². The van der Waals surface area contributed by atoms with E-state index in [2.05, 4.69) is 6.92 Å². The molecule has 1 saturated heterocycles. The maximum Gasteiger partial charge on any atom is 0.244 e. The second kappa shape index (κ2) is 5.64. The molecule has 0 saturated carbocycles. The average molecular weight is 285 g/mol. The van der Waals surface area contributed by atoms with Gasteiger partial charge in [0.2, 0.25) is 10.0 Å². The van der Waals surface area contributed by atoms with Gasteiger partial charge in [0, 0.05) is 38.1 Å². The summed E-state index contributed by atoms with van der Waals surface area (Å²) in [6.07, 6.45) is 3.76. The zero-order valence-electron chi connectivity index (χ0n) is 11.7. The van der Waals surface area contributed by atoms with Gasteiger partial charge in [-0.15, -0.1) is 0 Å². The van der Waals surface area contributed by atoms with E-state index >= 15 is 0 Å². The first-order valence-electron chi connectivity index (χ1n) is 6.88. The molecule has 2 N–H and O–H groups in total. The van der Waals surface area contributed by atoms with Crippen molar-refractivity contribution in [3.8, 4) is 0 Å². The van der Waals surface area contributed by atoms with Crippen LogP contribution in [0.2, 0.25) is 0 Å². The van der Waals surface area contributed by atoms with Gasteiger partial charge < -0.3 is 10.3 Å². The molecule has 1 atom stereocenters. The molecular formula is C13H23N3O2S. The number of hydrogen-bond acceptors (Lipinski definition) is 3. The summed E-state index contributed by atoms with van der Waals surface area (Å²) >= 11 is 0. The predicted molar refractivity (Wildman–Crippen MR) is 75.2 cm³/mol. The summed E-state index contributed by atoms with van der Waals surface area (Å²) in [4.78, 5) is 0.379. The van der Waals surface area contributed by atoms with E-state index in [0.29, 0.717) is 30.4 Å². The zero-order valence-corrected chi connectivity index (χ0v) is 12.5. The normalized spacial score (nSPS) is 21.7. The molecule has 1 aliphatic rings. The minimum atomic E-state index is -3.36. The highest BCUT2D eigenvalue weighted by Gasteiger charge is 2.29. The first-order valence-corrected chi connectivity index (χ1v) is 8.32. The first-order chi connectivity index (χ1) is 8.98. The maximum absolute atomic E-state index is 12.6. The van der Waals surface area contributed by atoms with Crippen molar-refractivity contribution in [1.29, 1.82) is 0 Å². The van der Waals surface area contributed by atoms with Crippen LogP contribution in [0.15, 0.2) is 17.2 Å². The minimum absolute atomic E-state index is 0.361. The number of sulfonamides is 1. The number of aryl methyl sites for hydroxylation is 1. The van der Waals surface area contributed by atoms with E-state index in [1.54, 1.807) is 16.6 Å². The number of nitrogens with zero attached hydrogens (tertiary/aromatic N) is 2. The second-order valence-electron chi connectivity index (χ2n) is 5.27. The van der Waals surface area contributed by atoms with Crippen LogP contribution in [0.25, 0.3) is 0 Å². The Balaban J connectivity index is 2.31. The molecule has 0 radical (unpaired) electrons. The fourth-order valence-corrected chi connectivity index (χ4v) is 4.31. The van der Waals surface area contributed by atoms with Crippen molar-refractivity contribution in [2.24, 2.45) is 11.7 Å². The van der Waals surface area contributed by atoms with Gasteiger partial charge in [-0.05, 0) is 31.7 Å². The highest BCUT2D eigenvalue weighted by atomic mass is 32.2. The quantitative estimate of drug-likeness (QED) is 0.909. The zero-order chi connectivity index (χ0) is 14.0. The Hall–Kier alpha value is -0.850. The molecule has 1 aliphatic heterocycles. The van der Waals surface area contributed by atoms with Crippen molar-refractivity contribution in [2.45, 2.75) is 44.7 Å². The van der Waals surface area contributed by atoms with Crippen molar-refractivity contribution in [3.05, 3.63) is 18.0 Å². The van der Waals surface area contributed by atoms with E-state index in [1.807, 2.05) is 11.5 Å². The Labute approximate surface area is 115 Å².